The van der Waals surface area contributed by atoms with Crippen molar-refractivity contribution >= 4 is 17.3 Å². The maximum absolute atomic E-state index is 11.4. The van der Waals surface area contributed by atoms with Gasteiger partial charge in [0.2, 0.25) is 11.6 Å². The molecule has 0 spiro atoms. The number of nitrogens with zero attached hydrogens (tertiary/aromatic N) is 4. The minimum Gasteiger partial charge on any atom is -0.383 e. The van der Waals surface area contributed by atoms with Gasteiger partial charge in [-0.3, -0.25) is 10.1 Å². The van der Waals surface area contributed by atoms with E-state index in [1.54, 1.807) is 26.2 Å². The van der Waals surface area contributed by atoms with Gasteiger partial charge < -0.3 is 19.7 Å². The third-order valence-electron chi connectivity index (χ3n) is 2.97. The molecule has 0 aromatic carbocycles. The Balaban J connectivity index is 3.25. The Morgan fingerprint density at radius 2 is 2.14 bits per heavy atom. The molecule has 0 saturated heterocycles. The van der Waals surface area contributed by atoms with Crippen LogP contribution >= 0.6 is 0 Å². The number of nitrogens with one attached hydrogen (secondary N) is 1. The van der Waals surface area contributed by atoms with Crippen molar-refractivity contribution in [3.8, 4) is 0 Å². The second kappa shape index (κ2) is 8.32. The Morgan fingerprint density at radius 1 is 1.43 bits per heavy atom. The molecule has 9 nitrogen and oxygen atoms in total. The van der Waals surface area contributed by atoms with Crippen molar-refractivity contribution in [3.05, 3.63) is 16.4 Å². The minimum atomic E-state index is -0.486. The molecule has 1 aromatic heterocycles. The topological polar surface area (TPSA) is 103 Å². The van der Waals surface area contributed by atoms with E-state index < -0.39 is 4.92 Å². The van der Waals surface area contributed by atoms with Crippen LogP contribution in [0, 0.1) is 10.1 Å². The van der Waals surface area contributed by atoms with Gasteiger partial charge in [-0.05, 0) is 6.92 Å². The first-order valence-corrected chi connectivity index (χ1v) is 6.48. The zero-order valence-electron chi connectivity index (χ0n) is 12.7. The number of ether oxygens (including phenoxy) is 2. The number of hydrogen-bond acceptors (Lipinski definition) is 8. The molecule has 21 heavy (non-hydrogen) atoms. The Bertz CT molecular complexity index is 471. The molecule has 0 saturated carbocycles. The van der Waals surface area contributed by atoms with E-state index in [1.165, 1.54) is 6.33 Å². The van der Waals surface area contributed by atoms with Crippen LogP contribution in [-0.4, -0.2) is 62.0 Å². The molecule has 1 atom stereocenters. The zero-order chi connectivity index (χ0) is 15.8. The molecule has 0 aliphatic heterocycles. The monoisotopic (exact) mass is 299 g/mol. The number of methoxy groups -OCH3 is 2. The lowest BCUT2D eigenvalue weighted by atomic mass is 10.2. The molecule has 0 radical (unpaired) electrons. The van der Waals surface area contributed by atoms with E-state index in [0.717, 1.165) is 0 Å². The van der Waals surface area contributed by atoms with Crippen LogP contribution in [0.2, 0.25) is 0 Å². The van der Waals surface area contributed by atoms with Crippen molar-refractivity contribution in [2.75, 3.05) is 51.2 Å². The van der Waals surface area contributed by atoms with Crippen LogP contribution in [0.15, 0.2) is 6.33 Å². The molecule has 1 unspecified atom stereocenters. The van der Waals surface area contributed by atoms with E-state index in [9.17, 15) is 10.1 Å². The van der Waals surface area contributed by atoms with E-state index >= 15 is 0 Å². The molecule has 1 rings (SSSR count). The highest BCUT2D eigenvalue weighted by Crippen LogP contribution is 2.32. The molecule has 0 amide bonds. The minimum absolute atomic E-state index is 0.0940. The predicted octanol–water partition coefficient (Wildman–Crippen LogP) is 0.914. The van der Waals surface area contributed by atoms with Crippen LogP contribution in [0.5, 0.6) is 0 Å². The summed E-state index contributed by atoms with van der Waals surface area (Å²) in [4.78, 5) is 20.6. The van der Waals surface area contributed by atoms with E-state index in [0.29, 0.717) is 19.8 Å². The van der Waals surface area contributed by atoms with E-state index in [1.807, 2.05) is 6.92 Å². The highest BCUT2D eigenvalue weighted by Gasteiger charge is 2.28. The van der Waals surface area contributed by atoms with Gasteiger partial charge in [0.1, 0.15) is 6.33 Å². The number of aromatic nitrogens is 2. The van der Waals surface area contributed by atoms with Crippen molar-refractivity contribution < 1.29 is 14.4 Å². The Kier molecular flexibility index (Phi) is 6.76. The van der Waals surface area contributed by atoms with Gasteiger partial charge in [-0.1, -0.05) is 0 Å². The molecular weight excluding hydrogens is 278 g/mol. The van der Waals surface area contributed by atoms with Gasteiger partial charge in [0.25, 0.3) is 0 Å². The fraction of sp³-hybridized carbons (Fsp3) is 0.667. The molecule has 0 bridgehead atoms. The normalized spacial score (nSPS) is 12.0. The van der Waals surface area contributed by atoms with E-state index in [-0.39, 0.29) is 23.4 Å². The maximum atomic E-state index is 11.4. The van der Waals surface area contributed by atoms with Crippen LogP contribution in [0.1, 0.15) is 6.92 Å². The van der Waals surface area contributed by atoms with Crippen LogP contribution in [0.4, 0.5) is 17.3 Å². The summed E-state index contributed by atoms with van der Waals surface area (Å²) < 4.78 is 10.2. The van der Waals surface area contributed by atoms with Gasteiger partial charge in [-0.2, -0.15) is 0 Å². The smallest absolute Gasteiger partial charge is 0.353 e. The van der Waals surface area contributed by atoms with Crippen LogP contribution in [0.25, 0.3) is 0 Å². The SMILES string of the molecule is CNc1ncnc(N(CCOC)C(C)COC)c1[N+](=O)[O-]. The van der Waals surface area contributed by atoms with Crippen LogP contribution in [0.3, 0.4) is 0 Å². The summed E-state index contributed by atoms with van der Waals surface area (Å²) >= 11 is 0. The zero-order valence-corrected chi connectivity index (χ0v) is 12.7. The van der Waals surface area contributed by atoms with E-state index in [4.69, 9.17) is 9.47 Å². The summed E-state index contributed by atoms with van der Waals surface area (Å²) in [5.41, 5.74) is -0.154. The largest absolute Gasteiger partial charge is 0.383 e. The lowest BCUT2D eigenvalue weighted by molar-refractivity contribution is -0.383. The summed E-state index contributed by atoms with van der Waals surface area (Å²) in [6, 6.07) is -0.0940. The molecule has 0 fully saturated rings. The van der Waals surface area contributed by atoms with Gasteiger partial charge in [-0.25, -0.2) is 9.97 Å². The lowest BCUT2D eigenvalue weighted by Crippen LogP contribution is -2.39. The first-order valence-electron chi connectivity index (χ1n) is 6.48. The highest BCUT2D eigenvalue weighted by atomic mass is 16.6. The lowest BCUT2D eigenvalue weighted by Gasteiger charge is -2.29. The maximum Gasteiger partial charge on any atom is 0.353 e. The third-order valence-corrected chi connectivity index (χ3v) is 2.97. The summed E-state index contributed by atoms with van der Waals surface area (Å²) in [5.74, 6) is 0.429. The molecule has 118 valence electrons. The first-order chi connectivity index (χ1) is 10.1. The number of rotatable bonds is 9. The van der Waals surface area contributed by atoms with E-state index in [2.05, 4.69) is 15.3 Å². The molecule has 1 N–H and O–H groups in total. The molecular formula is C12H21N5O4. The van der Waals surface area contributed by atoms with Crippen LogP contribution in [-0.2, 0) is 9.47 Å². The molecule has 0 aliphatic carbocycles. The molecule has 9 heteroatoms. The predicted molar refractivity (Wildman–Crippen MR) is 78.8 cm³/mol. The Morgan fingerprint density at radius 3 is 2.67 bits per heavy atom. The summed E-state index contributed by atoms with van der Waals surface area (Å²) in [7, 11) is 4.74. The van der Waals surface area contributed by atoms with Gasteiger partial charge in [0.05, 0.1) is 24.2 Å². The van der Waals surface area contributed by atoms with Crippen molar-refractivity contribution in [2.24, 2.45) is 0 Å². The Hall–Kier alpha value is -2.00. The first kappa shape index (κ1) is 17.1. The quantitative estimate of drug-likeness (QED) is 0.530. The second-order valence-electron chi connectivity index (χ2n) is 4.39. The average Bonchev–Trinajstić information content (AvgIpc) is 2.47. The van der Waals surface area contributed by atoms with Gasteiger partial charge in [0, 0.05) is 27.8 Å². The fourth-order valence-corrected chi connectivity index (χ4v) is 1.99. The van der Waals surface area contributed by atoms with Crippen molar-refractivity contribution in [1.29, 1.82) is 0 Å². The number of hydrogen-bond donors (Lipinski definition) is 1. The second-order valence-corrected chi connectivity index (χ2v) is 4.39. The Labute approximate surface area is 123 Å². The highest BCUT2D eigenvalue weighted by molar-refractivity contribution is 5.70. The van der Waals surface area contributed by atoms with Crippen LogP contribution < -0.4 is 10.2 Å². The summed E-state index contributed by atoms with van der Waals surface area (Å²) in [5, 5.41) is 14.1. The average molecular weight is 299 g/mol. The number of anilines is 2. The van der Waals surface area contributed by atoms with Gasteiger partial charge in [-0.15, -0.1) is 0 Å². The molecule has 0 aliphatic rings. The third kappa shape index (κ3) is 4.23. The summed E-state index contributed by atoms with van der Waals surface area (Å²) in [6.45, 7) is 3.20. The standard InChI is InChI=1S/C12H21N5O4/c1-9(7-21-4)16(5-6-20-3)12-10(17(18)19)11(13-2)14-8-15-12/h8-9H,5-7H2,1-4H3,(H,13,14,15). The van der Waals surface area contributed by atoms with Gasteiger partial charge in [0.15, 0.2) is 0 Å². The summed E-state index contributed by atoms with van der Waals surface area (Å²) in [6.07, 6.45) is 1.30. The fourth-order valence-electron chi connectivity index (χ4n) is 1.99. The number of nitro groups is 1. The molecule has 1 heterocycles. The van der Waals surface area contributed by atoms with Crippen molar-refractivity contribution in [2.45, 2.75) is 13.0 Å². The van der Waals surface area contributed by atoms with Crippen molar-refractivity contribution in [3.63, 3.8) is 0 Å². The van der Waals surface area contributed by atoms with Crippen molar-refractivity contribution in [1.82, 2.24) is 9.97 Å². The van der Waals surface area contributed by atoms with Gasteiger partial charge >= 0.3 is 5.69 Å². The molecule has 1 aromatic rings.